The first-order valence-electron chi connectivity index (χ1n) is 7.73. The summed E-state index contributed by atoms with van der Waals surface area (Å²) in [6.07, 6.45) is 6.63. The number of amides is 1. The van der Waals surface area contributed by atoms with Crippen LogP contribution in [0.4, 0.5) is 0 Å². The number of hydrogen-bond acceptors (Lipinski definition) is 5. The van der Waals surface area contributed by atoms with Crippen LogP contribution in [-0.4, -0.2) is 45.5 Å². The second-order valence-electron chi connectivity index (χ2n) is 6.13. The van der Waals surface area contributed by atoms with Crippen LogP contribution in [0, 0.1) is 0 Å². The van der Waals surface area contributed by atoms with Crippen molar-refractivity contribution in [3.05, 3.63) is 48.7 Å². The zero-order valence-corrected chi connectivity index (χ0v) is 13.5. The topological polar surface area (TPSA) is 55.6 Å². The summed E-state index contributed by atoms with van der Waals surface area (Å²) in [5.41, 5.74) is 0. The van der Waals surface area contributed by atoms with Crippen molar-refractivity contribution in [3.8, 4) is 5.75 Å². The highest BCUT2D eigenvalue weighted by Crippen LogP contribution is 2.46. The van der Waals surface area contributed by atoms with Crippen molar-refractivity contribution >= 4 is 17.7 Å². The number of aromatic nitrogens is 1. The molecule has 4 heterocycles. The molecule has 0 N–H and O–H groups in total. The summed E-state index contributed by atoms with van der Waals surface area (Å²) >= 11 is 1.93. The van der Waals surface area contributed by atoms with E-state index in [9.17, 15) is 4.79 Å². The third-order valence-corrected chi connectivity index (χ3v) is 5.90. The van der Waals surface area contributed by atoms with Gasteiger partial charge < -0.3 is 14.1 Å². The van der Waals surface area contributed by atoms with E-state index in [0.29, 0.717) is 6.42 Å². The highest BCUT2D eigenvalue weighted by Gasteiger charge is 2.51. The lowest BCUT2D eigenvalue weighted by Crippen LogP contribution is -2.61. The number of hydrogen-bond donors (Lipinski definition) is 0. The minimum atomic E-state index is 0.141. The van der Waals surface area contributed by atoms with E-state index in [-0.39, 0.29) is 16.8 Å². The lowest BCUT2D eigenvalue weighted by molar-refractivity contribution is -0.136. The molecule has 2 aromatic rings. The second kappa shape index (κ2) is 5.92. The molecule has 1 atom stereocenters. The van der Waals surface area contributed by atoms with Gasteiger partial charge in [-0.15, -0.1) is 11.8 Å². The van der Waals surface area contributed by atoms with Crippen LogP contribution in [0.3, 0.4) is 0 Å². The largest absolute Gasteiger partial charge is 0.488 e. The summed E-state index contributed by atoms with van der Waals surface area (Å²) < 4.78 is 11.4. The second-order valence-corrected chi connectivity index (χ2v) is 7.62. The maximum Gasteiger partial charge on any atom is 0.230 e. The molecule has 2 saturated heterocycles. The Hall–Kier alpha value is -1.95. The van der Waals surface area contributed by atoms with Crippen molar-refractivity contribution in [2.75, 3.05) is 18.8 Å². The van der Waals surface area contributed by atoms with E-state index in [0.717, 1.165) is 36.8 Å². The smallest absolute Gasteiger partial charge is 0.230 e. The summed E-state index contributed by atoms with van der Waals surface area (Å²) in [5, 5.41) is 0. The molecule has 2 aromatic heterocycles. The van der Waals surface area contributed by atoms with Gasteiger partial charge in [0.1, 0.15) is 17.6 Å². The fourth-order valence-electron chi connectivity index (χ4n) is 3.21. The highest BCUT2D eigenvalue weighted by atomic mass is 32.2. The van der Waals surface area contributed by atoms with E-state index in [2.05, 4.69) is 4.98 Å². The molecule has 0 saturated carbocycles. The molecule has 6 heteroatoms. The summed E-state index contributed by atoms with van der Waals surface area (Å²) in [7, 11) is 0. The molecular formula is C17H18N2O3S. The Balaban J connectivity index is 1.28. The number of pyridine rings is 1. The molecule has 120 valence electrons. The van der Waals surface area contributed by atoms with Gasteiger partial charge in [0.2, 0.25) is 5.91 Å². The van der Waals surface area contributed by atoms with Crippen LogP contribution in [-0.2, 0) is 11.2 Å². The Kier molecular flexibility index (Phi) is 3.77. The third kappa shape index (κ3) is 3.08. The summed E-state index contributed by atoms with van der Waals surface area (Å²) in [6, 6.07) is 7.47. The van der Waals surface area contributed by atoms with Gasteiger partial charge in [-0.1, -0.05) is 0 Å². The van der Waals surface area contributed by atoms with Gasteiger partial charge >= 0.3 is 0 Å². The monoisotopic (exact) mass is 330 g/mol. The van der Waals surface area contributed by atoms with E-state index in [1.165, 1.54) is 0 Å². The Labute approximate surface area is 139 Å². The van der Waals surface area contributed by atoms with Crippen molar-refractivity contribution in [2.45, 2.75) is 23.7 Å². The van der Waals surface area contributed by atoms with Gasteiger partial charge in [-0.3, -0.25) is 9.78 Å². The summed E-state index contributed by atoms with van der Waals surface area (Å²) in [6.45, 7) is 1.62. The third-order valence-electron chi connectivity index (χ3n) is 4.33. The fourth-order valence-corrected chi connectivity index (χ4v) is 4.73. The molecule has 2 aliphatic rings. The van der Waals surface area contributed by atoms with Gasteiger partial charge in [-0.05, 0) is 24.3 Å². The standard InChI is InChI=1S/C17H18N2O3S/c20-16(7-13-4-2-6-21-13)19-11-17(12-19)8-15(10-23-17)22-14-3-1-5-18-9-14/h1-6,9,15H,7-8,10-12H2/t15-/m1/s1. The number of nitrogens with zero attached hydrogens (tertiary/aromatic N) is 2. The van der Waals surface area contributed by atoms with Crippen LogP contribution in [0.2, 0.25) is 0 Å². The number of thioether (sulfide) groups is 1. The van der Waals surface area contributed by atoms with E-state index in [1.807, 2.05) is 40.9 Å². The Bertz CT molecular complexity index is 668. The van der Waals surface area contributed by atoms with Gasteiger partial charge in [-0.2, -0.15) is 0 Å². The first-order valence-corrected chi connectivity index (χ1v) is 8.72. The Morgan fingerprint density at radius 2 is 2.35 bits per heavy atom. The van der Waals surface area contributed by atoms with Crippen LogP contribution in [0.25, 0.3) is 0 Å². The first-order chi connectivity index (χ1) is 11.2. The summed E-state index contributed by atoms with van der Waals surface area (Å²) in [5.74, 6) is 2.66. The number of furan rings is 1. The van der Waals surface area contributed by atoms with E-state index < -0.39 is 0 Å². The van der Waals surface area contributed by atoms with Crippen molar-refractivity contribution in [1.29, 1.82) is 0 Å². The first kappa shape index (κ1) is 14.6. The Morgan fingerprint density at radius 1 is 1.43 bits per heavy atom. The molecule has 0 bridgehead atoms. The highest BCUT2D eigenvalue weighted by molar-refractivity contribution is 8.01. The van der Waals surface area contributed by atoms with Crippen LogP contribution >= 0.6 is 11.8 Å². The van der Waals surface area contributed by atoms with Crippen LogP contribution in [0.1, 0.15) is 12.2 Å². The molecule has 0 aromatic carbocycles. The van der Waals surface area contributed by atoms with Crippen molar-refractivity contribution < 1.29 is 13.9 Å². The maximum atomic E-state index is 12.2. The van der Waals surface area contributed by atoms with E-state index in [4.69, 9.17) is 9.15 Å². The quantitative estimate of drug-likeness (QED) is 0.861. The van der Waals surface area contributed by atoms with Crippen molar-refractivity contribution in [3.63, 3.8) is 0 Å². The maximum absolute atomic E-state index is 12.2. The Morgan fingerprint density at radius 3 is 3.09 bits per heavy atom. The van der Waals surface area contributed by atoms with Gasteiger partial charge in [0.25, 0.3) is 0 Å². The number of carbonyl (C=O) groups is 1. The van der Waals surface area contributed by atoms with Gasteiger partial charge in [0.15, 0.2) is 0 Å². The van der Waals surface area contributed by atoms with Gasteiger partial charge in [-0.25, -0.2) is 0 Å². The number of carbonyl (C=O) groups excluding carboxylic acids is 1. The molecule has 0 aliphatic carbocycles. The zero-order valence-electron chi connectivity index (χ0n) is 12.7. The van der Waals surface area contributed by atoms with Crippen molar-refractivity contribution in [2.24, 2.45) is 0 Å². The molecule has 1 amide bonds. The number of rotatable bonds is 4. The van der Waals surface area contributed by atoms with E-state index >= 15 is 0 Å². The SMILES string of the molecule is O=C(Cc1ccco1)N1CC2(C[C@@H](Oc3cccnc3)CS2)C1. The molecule has 1 spiro atoms. The summed E-state index contributed by atoms with van der Waals surface area (Å²) in [4.78, 5) is 18.2. The van der Waals surface area contributed by atoms with E-state index in [1.54, 1.807) is 18.7 Å². The number of ether oxygens (including phenoxy) is 1. The van der Waals surface area contributed by atoms with Crippen molar-refractivity contribution in [1.82, 2.24) is 9.88 Å². The molecular weight excluding hydrogens is 312 g/mol. The minimum Gasteiger partial charge on any atom is -0.488 e. The lowest BCUT2D eigenvalue weighted by atomic mass is 9.92. The van der Waals surface area contributed by atoms with Crippen LogP contribution < -0.4 is 4.74 Å². The fraction of sp³-hybridized carbons (Fsp3) is 0.412. The number of likely N-dealkylation sites (tertiary alicyclic amines) is 1. The molecule has 5 nitrogen and oxygen atoms in total. The van der Waals surface area contributed by atoms with Gasteiger partial charge in [0, 0.05) is 31.5 Å². The predicted molar refractivity (Wildman–Crippen MR) is 87.5 cm³/mol. The minimum absolute atomic E-state index is 0.141. The molecule has 0 unspecified atom stereocenters. The lowest BCUT2D eigenvalue weighted by Gasteiger charge is -2.47. The average molecular weight is 330 g/mol. The molecule has 4 rings (SSSR count). The molecule has 2 fully saturated rings. The zero-order chi connectivity index (χ0) is 15.7. The molecule has 0 radical (unpaired) electrons. The van der Waals surface area contributed by atoms with Crippen LogP contribution in [0.5, 0.6) is 5.75 Å². The van der Waals surface area contributed by atoms with Gasteiger partial charge in [0.05, 0.1) is 23.6 Å². The van der Waals surface area contributed by atoms with Crippen LogP contribution in [0.15, 0.2) is 47.3 Å². The normalized spacial score (nSPS) is 22.1. The average Bonchev–Trinajstić information content (AvgIpc) is 3.16. The predicted octanol–water partition coefficient (Wildman–Crippen LogP) is 2.38. The molecule has 2 aliphatic heterocycles. The molecule has 23 heavy (non-hydrogen) atoms.